The van der Waals surface area contributed by atoms with Gasteiger partial charge in [0.25, 0.3) is 0 Å². The van der Waals surface area contributed by atoms with E-state index in [1.807, 2.05) is 0 Å². The fourth-order valence-corrected chi connectivity index (χ4v) is 0.969. The summed E-state index contributed by atoms with van der Waals surface area (Å²) in [5.41, 5.74) is 0.588. The molecule has 0 spiro atoms. The van der Waals surface area contributed by atoms with Crippen LogP contribution in [0.4, 0.5) is 0 Å². The quantitative estimate of drug-likeness (QED) is 0.461. The first-order chi connectivity index (χ1) is 7.69. The number of aliphatic hydroxyl groups is 2. The number of aliphatic hydroxyl groups excluding tert-OH is 2. The minimum atomic E-state index is -0.245. The average Bonchev–Trinajstić information content (AvgIpc) is 2.30. The average molecular weight is 391 g/mol. The molecule has 0 aliphatic rings. The van der Waals surface area contributed by atoms with Crippen molar-refractivity contribution in [1.82, 2.24) is 4.98 Å². The number of hydrogen-bond donors (Lipinski definition) is 2. The zero-order valence-corrected chi connectivity index (χ0v) is 15.0. The van der Waals surface area contributed by atoms with Gasteiger partial charge >= 0.3 is 0 Å². The first-order valence-electron chi connectivity index (χ1n) is 4.20. The maximum atomic E-state index is 9.33. The van der Waals surface area contributed by atoms with Gasteiger partial charge in [0.05, 0.1) is 24.4 Å². The predicted molar refractivity (Wildman–Crippen MR) is 57.7 cm³/mol. The first-order valence-corrected chi connectivity index (χ1v) is 4.20. The zero-order chi connectivity index (χ0) is 12.0. The zero-order valence-electron chi connectivity index (χ0n) is 9.28. The van der Waals surface area contributed by atoms with Crippen LogP contribution in [0.25, 0.3) is 16.4 Å². The maximum absolute atomic E-state index is 9.33. The van der Waals surface area contributed by atoms with Crippen molar-refractivity contribution < 1.29 is 75.6 Å². The molecule has 0 unspecified atom stereocenters. The van der Waals surface area contributed by atoms with E-state index in [0.29, 0.717) is 5.56 Å². The Hall–Kier alpha value is -0.582. The Kier molecular flexibility index (Phi) is 11.4. The minimum absolute atomic E-state index is 0. The van der Waals surface area contributed by atoms with Gasteiger partial charge in [-0.05, 0) is 12.1 Å². The van der Waals surface area contributed by atoms with Gasteiger partial charge < -0.3 is 10.2 Å². The molecule has 2 radical (unpaired) electrons. The van der Waals surface area contributed by atoms with E-state index in [1.54, 1.807) is 6.07 Å². The first kappa shape index (κ1) is 19.8. The van der Waals surface area contributed by atoms with E-state index >= 15 is 0 Å². The maximum Gasteiger partial charge on any atom is 0.197 e. The van der Waals surface area contributed by atoms with Gasteiger partial charge in [-0.15, -0.1) is 0 Å². The van der Waals surface area contributed by atoms with E-state index in [-0.39, 0.29) is 82.6 Å². The number of allylic oxidation sites excluding steroid dienone is 1. The van der Waals surface area contributed by atoms with Gasteiger partial charge in [-0.25, -0.2) is 4.85 Å². The molecule has 1 aromatic heterocycles. The number of rotatable bonds is 2. The smallest absolute Gasteiger partial charge is 0.197 e. The van der Waals surface area contributed by atoms with Gasteiger partial charge in [0, 0.05) is 77.2 Å². The Morgan fingerprint density at radius 3 is 2.44 bits per heavy atom. The molecule has 7 heteroatoms. The molecule has 0 bridgehead atoms. The fraction of sp³-hybridized carbons (Fsp3) is 0. The summed E-state index contributed by atoms with van der Waals surface area (Å²) in [6, 6.07) is 4.61. The predicted octanol–water partition coefficient (Wildman–Crippen LogP) is 2.27. The van der Waals surface area contributed by atoms with E-state index in [2.05, 4.69) is 9.83 Å². The number of nitriles is 1. The molecule has 5 nitrogen and oxygen atoms in total. The largest absolute Gasteiger partial charge is 0.518 e. The summed E-state index contributed by atoms with van der Waals surface area (Å²) in [4.78, 5) is 6.72. The molecule has 1 aromatic rings. The van der Waals surface area contributed by atoms with E-state index in [0.717, 1.165) is 12.3 Å². The summed E-state index contributed by atoms with van der Waals surface area (Å²) < 4.78 is 0. The van der Waals surface area contributed by atoms with E-state index in [1.165, 1.54) is 18.3 Å². The molecule has 0 aliphatic heterocycles. The van der Waals surface area contributed by atoms with Crippen molar-refractivity contribution in [2.45, 2.75) is 0 Å². The van der Waals surface area contributed by atoms with Crippen molar-refractivity contribution in [3.63, 3.8) is 0 Å². The second kappa shape index (κ2) is 10.4. The summed E-state index contributed by atoms with van der Waals surface area (Å²) >= 11 is 0. The van der Waals surface area contributed by atoms with Crippen molar-refractivity contribution in [2.24, 2.45) is 0 Å². The molecule has 0 aromatic carbocycles. The van der Waals surface area contributed by atoms with Crippen molar-refractivity contribution in [2.75, 3.05) is 0 Å². The van der Waals surface area contributed by atoms with Gasteiger partial charge in [-0.1, -0.05) is 0 Å². The Labute approximate surface area is 155 Å². The Morgan fingerprint density at radius 2 is 2.00 bits per heavy atom. The van der Waals surface area contributed by atoms with Crippen molar-refractivity contribution in [3.8, 4) is 6.07 Å². The molecule has 2 N–H and O–H groups in total. The minimum Gasteiger partial charge on any atom is -0.518 e. The Morgan fingerprint density at radius 1 is 1.33 bits per heavy atom. The number of pyridine rings is 1. The van der Waals surface area contributed by atoms with E-state index in [4.69, 9.17) is 11.8 Å². The van der Waals surface area contributed by atoms with Gasteiger partial charge in [0.15, 0.2) is 6.20 Å². The molecule has 1 rings (SSSR count). The van der Waals surface area contributed by atoms with Crippen LogP contribution in [0, 0.1) is 17.9 Å². The SMILES string of the molecule is [C-]#[N+]/C=C(\O)c1ccc(C(O)=CC#N)cn1.[Y].[Y]. The standard InChI is InChI=1S/C11H7N3O2.2Y/c1-13-7-11(16)9-3-2-8(6-14-9)10(15)4-5-12;;/h2-4,6-7,15-16H;;/b10-4?,11-7-;;. The molecule has 1 heterocycles. The van der Waals surface area contributed by atoms with Gasteiger partial charge in [-0.3, -0.25) is 4.98 Å². The summed E-state index contributed by atoms with van der Waals surface area (Å²) in [6.45, 7) is 6.52. The number of aromatic nitrogens is 1. The monoisotopic (exact) mass is 391 g/mol. The molecule has 84 valence electrons. The third-order valence-corrected chi connectivity index (χ3v) is 1.71. The molecule has 0 amide bonds. The molecule has 0 atom stereocenters. The van der Waals surface area contributed by atoms with Crippen LogP contribution >= 0.6 is 0 Å². The van der Waals surface area contributed by atoms with Crippen LogP contribution < -0.4 is 0 Å². The van der Waals surface area contributed by atoms with E-state index < -0.39 is 0 Å². The Bertz CT molecular complexity index is 476. The third kappa shape index (κ3) is 5.84. The fourth-order valence-electron chi connectivity index (χ4n) is 0.969. The number of hydrogen-bond acceptors (Lipinski definition) is 4. The molecule has 0 saturated heterocycles. The van der Waals surface area contributed by atoms with E-state index in [9.17, 15) is 10.2 Å². The van der Waals surface area contributed by atoms with Gasteiger partial charge in [0.1, 0.15) is 11.5 Å². The van der Waals surface area contributed by atoms with Crippen LogP contribution in [-0.2, 0) is 65.4 Å². The van der Waals surface area contributed by atoms with Crippen molar-refractivity contribution in [1.29, 1.82) is 5.26 Å². The molecule has 0 fully saturated rings. The topological polar surface area (TPSA) is 81.5 Å². The summed E-state index contributed by atoms with van der Waals surface area (Å²) in [7, 11) is 0. The van der Waals surface area contributed by atoms with Crippen molar-refractivity contribution >= 4 is 11.5 Å². The summed E-state index contributed by atoms with van der Waals surface area (Å²) in [5.74, 6) is -0.444. The van der Waals surface area contributed by atoms with Crippen LogP contribution in [0.1, 0.15) is 11.3 Å². The molecule has 0 aliphatic carbocycles. The second-order valence-electron chi connectivity index (χ2n) is 2.73. The van der Waals surface area contributed by atoms with Crippen LogP contribution in [0.5, 0.6) is 0 Å². The van der Waals surface area contributed by atoms with Crippen LogP contribution in [0.3, 0.4) is 0 Å². The van der Waals surface area contributed by atoms with Crippen molar-refractivity contribution in [3.05, 3.63) is 53.3 Å². The van der Waals surface area contributed by atoms with Crippen LogP contribution in [-0.4, -0.2) is 15.2 Å². The summed E-state index contributed by atoms with van der Waals surface area (Å²) in [6.07, 6.45) is 3.21. The van der Waals surface area contributed by atoms with Crippen LogP contribution in [0.15, 0.2) is 30.6 Å². The van der Waals surface area contributed by atoms with Gasteiger partial charge in [-0.2, -0.15) is 5.26 Å². The normalized spacial score (nSPS) is 10.3. The molecule has 0 saturated carbocycles. The Balaban J connectivity index is 0. The van der Waals surface area contributed by atoms with Gasteiger partial charge in [0.2, 0.25) is 0 Å². The molecular weight excluding hydrogens is 384 g/mol. The third-order valence-electron chi connectivity index (χ3n) is 1.71. The number of nitrogens with zero attached hydrogens (tertiary/aromatic N) is 3. The second-order valence-corrected chi connectivity index (χ2v) is 2.73. The summed E-state index contributed by atoms with van der Waals surface area (Å²) in [5, 5.41) is 27.0. The molecule has 18 heavy (non-hydrogen) atoms. The van der Waals surface area contributed by atoms with Crippen LogP contribution in [0.2, 0.25) is 0 Å². The molecular formula is C11H7N3O2Y2.